The van der Waals surface area contributed by atoms with E-state index in [2.05, 4.69) is 50.9 Å². The van der Waals surface area contributed by atoms with Gasteiger partial charge in [0.15, 0.2) is 0 Å². The van der Waals surface area contributed by atoms with E-state index in [0.717, 1.165) is 55.1 Å². The first-order valence-electron chi connectivity index (χ1n) is 11.6. The molecular weight excluding hydrogens is 469 g/mol. The highest BCUT2D eigenvalue weighted by molar-refractivity contribution is 7.80. The lowest BCUT2D eigenvalue weighted by Gasteiger charge is -2.10. The quantitative estimate of drug-likeness (QED) is 0.248. The maximum absolute atomic E-state index is 13.2. The molecule has 6 aromatic rings. The van der Waals surface area contributed by atoms with Crippen LogP contribution < -0.4 is 4.74 Å². The lowest BCUT2D eigenvalue weighted by molar-refractivity contribution is 0.302. The van der Waals surface area contributed by atoms with E-state index in [1.165, 1.54) is 12.3 Å². The second-order valence-electron chi connectivity index (χ2n) is 8.65. The number of halogens is 1. The molecule has 4 nitrogen and oxygen atoms in total. The summed E-state index contributed by atoms with van der Waals surface area (Å²) in [5, 5.41) is 3.06. The third-order valence-electron chi connectivity index (χ3n) is 6.21. The van der Waals surface area contributed by atoms with Gasteiger partial charge in [0.2, 0.25) is 0 Å². The van der Waals surface area contributed by atoms with Gasteiger partial charge in [-0.2, -0.15) is 0 Å². The molecule has 0 aliphatic heterocycles. The van der Waals surface area contributed by atoms with E-state index in [1.807, 2.05) is 48.5 Å². The molecule has 0 saturated carbocycles. The van der Waals surface area contributed by atoms with Crippen LogP contribution in [0.5, 0.6) is 5.75 Å². The number of benzene rings is 3. The van der Waals surface area contributed by atoms with E-state index in [1.54, 1.807) is 6.07 Å². The molecule has 3 heterocycles. The largest absolute Gasteiger partial charge is 0.487 e. The first-order valence-corrected chi connectivity index (χ1v) is 12.1. The van der Waals surface area contributed by atoms with Gasteiger partial charge in [-0.15, -0.1) is 12.6 Å². The second kappa shape index (κ2) is 9.47. The van der Waals surface area contributed by atoms with Crippen LogP contribution in [0.25, 0.3) is 33.1 Å². The second-order valence-corrected chi connectivity index (χ2v) is 9.11. The number of nitrogens with zero attached hydrogens (tertiary/aromatic N) is 3. The average molecular weight is 492 g/mol. The molecular formula is C30H22FN3OS. The first kappa shape index (κ1) is 22.3. The number of pyridine rings is 2. The zero-order valence-electron chi connectivity index (χ0n) is 19.3. The summed E-state index contributed by atoms with van der Waals surface area (Å²) in [5.41, 5.74) is 5.77. The molecule has 0 saturated heterocycles. The Morgan fingerprint density at radius 3 is 2.53 bits per heavy atom. The fourth-order valence-corrected chi connectivity index (χ4v) is 4.66. The summed E-state index contributed by atoms with van der Waals surface area (Å²) >= 11 is 4.72. The molecule has 176 valence electrons. The van der Waals surface area contributed by atoms with Crippen molar-refractivity contribution >= 4 is 34.4 Å². The lowest BCUT2D eigenvalue weighted by atomic mass is 10.1. The number of thiol groups is 1. The number of hydrogen-bond acceptors (Lipinski definition) is 4. The van der Waals surface area contributed by atoms with Crippen molar-refractivity contribution in [3.63, 3.8) is 0 Å². The van der Waals surface area contributed by atoms with Crippen LogP contribution in [0.1, 0.15) is 11.3 Å². The number of rotatable bonds is 6. The van der Waals surface area contributed by atoms with Gasteiger partial charge in [-0.25, -0.2) is 9.37 Å². The fourth-order valence-electron chi connectivity index (χ4n) is 4.35. The van der Waals surface area contributed by atoms with Gasteiger partial charge in [0.05, 0.1) is 28.1 Å². The molecule has 0 bridgehead atoms. The Morgan fingerprint density at radius 1 is 0.833 bits per heavy atom. The predicted molar refractivity (Wildman–Crippen MR) is 144 cm³/mol. The minimum Gasteiger partial charge on any atom is -0.487 e. The Morgan fingerprint density at radius 2 is 1.69 bits per heavy atom. The van der Waals surface area contributed by atoms with Crippen LogP contribution >= 0.6 is 12.6 Å². The van der Waals surface area contributed by atoms with Crippen molar-refractivity contribution < 1.29 is 9.13 Å². The Hall–Kier alpha value is -4.16. The van der Waals surface area contributed by atoms with E-state index in [9.17, 15) is 4.39 Å². The molecule has 0 fully saturated rings. The molecule has 0 unspecified atom stereocenters. The lowest BCUT2D eigenvalue weighted by Crippen LogP contribution is -2.00. The predicted octanol–water partition coefficient (Wildman–Crippen LogP) is 7.31. The van der Waals surface area contributed by atoms with Gasteiger partial charge in [0, 0.05) is 28.4 Å². The average Bonchev–Trinajstić information content (AvgIpc) is 3.22. The van der Waals surface area contributed by atoms with Crippen LogP contribution in [0.15, 0.2) is 108 Å². The zero-order valence-corrected chi connectivity index (χ0v) is 20.2. The highest BCUT2D eigenvalue weighted by Crippen LogP contribution is 2.28. The van der Waals surface area contributed by atoms with Crippen molar-refractivity contribution in [2.75, 3.05) is 0 Å². The van der Waals surface area contributed by atoms with Crippen LogP contribution in [0.4, 0.5) is 4.39 Å². The number of fused-ring (bicyclic) bond motifs is 2. The van der Waals surface area contributed by atoms with E-state index in [-0.39, 0.29) is 5.82 Å². The number of hydrogen-bond donors (Lipinski definition) is 1. The van der Waals surface area contributed by atoms with E-state index in [4.69, 9.17) is 17.4 Å². The maximum atomic E-state index is 13.2. The molecule has 0 N–H and O–H groups in total. The van der Waals surface area contributed by atoms with Crippen molar-refractivity contribution in [2.45, 2.75) is 18.2 Å². The van der Waals surface area contributed by atoms with E-state index in [0.29, 0.717) is 13.2 Å². The van der Waals surface area contributed by atoms with Crippen molar-refractivity contribution in [1.29, 1.82) is 0 Å². The van der Waals surface area contributed by atoms with Gasteiger partial charge in [0.1, 0.15) is 18.2 Å². The maximum Gasteiger partial charge on any atom is 0.141 e. The van der Waals surface area contributed by atoms with Crippen LogP contribution in [0.2, 0.25) is 0 Å². The third kappa shape index (κ3) is 4.55. The van der Waals surface area contributed by atoms with Gasteiger partial charge < -0.3 is 9.30 Å². The highest BCUT2D eigenvalue weighted by atomic mass is 32.1. The van der Waals surface area contributed by atoms with E-state index >= 15 is 0 Å². The first-order chi connectivity index (χ1) is 17.6. The Bertz CT molecular complexity index is 1680. The van der Waals surface area contributed by atoms with Crippen molar-refractivity contribution in [1.82, 2.24) is 14.5 Å². The molecule has 3 aromatic heterocycles. The third-order valence-corrected chi connectivity index (χ3v) is 6.58. The molecule has 0 amide bonds. The summed E-state index contributed by atoms with van der Waals surface area (Å²) in [7, 11) is 0. The molecule has 0 radical (unpaired) electrons. The molecule has 3 aromatic carbocycles. The standard InChI is InChI=1S/C30H22FN3OS/c31-24-10-13-27(32-17-24)22-7-5-20(6-8-22)18-34-29-14-12-26(15-23(29)16-30(34)36)35-19-25-11-9-21-3-1-2-4-28(21)33-25/h1-17,36H,18-19H2. The SMILES string of the molecule is Fc1ccc(-c2ccc(Cn3c(S)cc4cc(OCc5ccc6ccccc6n5)ccc43)cc2)nc1. The summed E-state index contributed by atoms with van der Waals surface area (Å²) in [6.45, 7) is 1.08. The minimum absolute atomic E-state index is 0.338. The smallest absolute Gasteiger partial charge is 0.141 e. The molecule has 6 rings (SSSR count). The van der Waals surface area contributed by atoms with Gasteiger partial charge in [0.25, 0.3) is 0 Å². The van der Waals surface area contributed by atoms with E-state index < -0.39 is 0 Å². The topological polar surface area (TPSA) is 39.9 Å². The minimum atomic E-state index is -0.338. The molecule has 6 heteroatoms. The van der Waals surface area contributed by atoms with Gasteiger partial charge >= 0.3 is 0 Å². The monoisotopic (exact) mass is 491 g/mol. The number of aromatic nitrogens is 3. The van der Waals surface area contributed by atoms with Gasteiger partial charge in [-0.3, -0.25) is 4.98 Å². The Kier molecular flexibility index (Phi) is 5.87. The Balaban J connectivity index is 1.18. The van der Waals surface area contributed by atoms with Crippen molar-refractivity contribution in [3.05, 3.63) is 120 Å². The van der Waals surface area contributed by atoms with Gasteiger partial charge in [-0.1, -0.05) is 48.5 Å². The molecule has 0 atom stereocenters. The van der Waals surface area contributed by atoms with Crippen LogP contribution in [-0.2, 0) is 13.2 Å². The van der Waals surface area contributed by atoms with Crippen LogP contribution in [0, 0.1) is 5.82 Å². The molecule has 0 aliphatic rings. The number of ether oxygens (including phenoxy) is 1. The summed E-state index contributed by atoms with van der Waals surface area (Å²) in [6.07, 6.45) is 1.23. The van der Waals surface area contributed by atoms with Crippen molar-refractivity contribution in [2.24, 2.45) is 0 Å². The summed E-state index contributed by atoms with van der Waals surface area (Å²) < 4.78 is 21.4. The van der Waals surface area contributed by atoms with Crippen molar-refractivity contribution in [3.8, 4) is 17.0 Å². The number of para-hydroxylation sites is 1. The van der Waals surface area contributed by atoms with Crippen LogP contribution in [-0.4, -0.2) is 14.5 Å². The highest BCUT2D eigenvalue weighted by Gasteiger charge is 2.10. The normalized spacial score (nSPS) is 11.3. The molecule has 0 spiro atoms. The van der Waals surface area contributed by atoms with Crippen LogP contribution in [0.3, 0.4) is 0 Å². The van der Waals surface area contributed by atoms with Gasteiger partial charge in [-0.05, 0) is 54.1 Å². The molecule has 0 aliphatic carbocycles. The fraction of sp³-hybridized carbons (Fsp3) is 0.0667. The Labute approximate surface area is 213 Å². The molecule has 36 heavy (non-hydrogen) atoms. The zero-order chi connectivity index (χ0) is 24.5. The summed E-state index contributed by atoms with van der Waals surface area (Å²) in [4.78, 5) is 8.84. The summed E-state index contributed by atoms with van der Waals surface area (Å²) in [5.74, 6) is 0.453. The summed E-state index contributed by atoms with van der Waals surface area (Å²) in [6, 6.07) is 31.5.